The predicted molar refractivity (Wildman–Crippen MR) is 73.4 cm³/mol. The van der Waals surface area contributed by atoms with Crippen molar-refractivity contribution >= 4 is 23.3 Å². The number of esters is 1. The van der Waals surface area contributed by atoms with E-state index in [2.05, 4.69) is 5.32 Å². The van der Waals surface area contributed by atoms with Crippen LogP contribution in [0.1, 0.15) is 24.2 Å². The second-order valence-corrected chi connectivity index (χ2v) is 4.62. The first-order chi connectivity index (χ1) is 8.90. The Bertz CT molecular complexity index is 472. The molecular weight excluding hydrogens is 246 g/mol. The number of rotatable bonds is 5. The summed E-state index contributed by atoms with van der Waals surface area (Å²) in [6, 6.07) is 4.49. The lowest BCUT2D eigenvalue weighted by molar-refractivity contribution is -0.124. The van der Waals surface area contributed by atoms with Crippen molar-refractivity contribution in [1.29, 1.82) is 0 Å². The fourth-order valence-corrected chi connectivity index (χ4v) is 1.34. The van der Waals surface area contributed by atoms with Crippen molar-refractivity contribution in [2.45, 2.75) is 13.8 Å². The van der Waals surface area contributed by atoms with Gasteiger partial charge in [-0.3, -0.25) is 4.79 Å². The molecule has 0 saturated carbocycles. The molecule has 0 fully saturated rings. The van der Waals surface area contributed by atoms with E-state index in [1.807, 2.05) is 13.8 Å². The molecule has 0 heterocycles. The van der Waals surface area contributed by atoms with Gasteiger partial charge in [0.05, 0.1) is 5.56 Å². The van der Waals surface area contributed by atoms with E-state index in [4.69, 9.17) is 16.2 Å². The van der Waals surface area contributed by atoms with Gasteiger partial charge in [-0.25, -0.2) is 4.79 Å². The number of nitrogen functional groups attached to an aromatic ring is 2. The van der Waals surface area contributed by atoms with Crippen molar-refractivity contribution in [3.8, 4) is 0 Å². The summed E-state index contributed by atoms with van der Waals surface area (Å²) in [4.78, 5) is 23.1. The minimum absolute atomic E-state index is 0.200. The number of amides is 1. The summed E-state index contributed by atoms with van der Waals surface area (Å²) in [7, 11) is 0. The fourth-order valence-electron chi connectivity index (χ4n) is 1.34. The lowest BCUT2D eigenvalue weighted by Gasteiger charge is -2.09. The smallest absolute Gasteiger partial charge is 0.340 e. The van der Waals surface area contributed by atoms with Crippen molar-refractivity contribution in [3.05, 3.63) is 23.8 Å². The van der Waals surface area contributed by atoms with Gasteiger partial charge in [-0.2, -0.15) is 0 Å². The Hall–Kier alpha value is -2.24. The maximum atomic E-state index is 11.7. The number of carbonyl (C=O) groups excluding carboxylic acids is 2. The van der Waals surface area contributed by atoms with Gasteiger partial charge in [0.2, 0.25) is 0 Å². The molecule has 1 aromatic rings. The predicted octanol–water partition coefficient (Wildman–Crippen LogP) is 0.780. The van der Waals surface area contributed by atoms with Gasteiger partial charge in [0.15, 0.2) is 6.61 Å². The van der Waals surface area contributed by atoms with E-state index < -0.39 is 5.97 Å². The Morgan fingerprint density at radius 3 is 2.58 bits per heavy atom. The Morgan fingerprint density at radius 1 is 1.32 bits per heavy atom. The van der Waals surface area contributed by atoms with E-state index in [0.717, 1.165) is 0 Å². The van der Waals surface area contributed by atoms with Crippen LogP contribution in [-0.2, 0) is 9.53 Å². The van der Waals surface area contributed by atoms with Crippen LogP contribution in [-0.4, -0.2) is 25.0 Å². The average Bonchev–Trinajstić information content (AvgIpc) is 2.33. The van der Waals surface area contributed by atoms with Crippen molar-refractivity contribution < 1.29 is 14.3 Å². The Kier molecular flexibility index (Phi) is 5.17. The maximum absolute atomic E-state index is 11.7. The Balaban J connectivity index is 2.49. The van der Waals surface area contributed by atoms with Crippen LogP contribution in [0.25, 0.3) is 0 Å². The lowest BCUT2D eigenvalue weighted by Crippen LogP contribution is -2.31. The van der Waals surface area contributed by atoms with Gasteiger partial charge in [0.1, 0.15) is 0 Å². The molecule has 0 aromatic heterocycles. The number of nitrogens with one attached hydrogen (secondary N) is 1. The summed E-state index contributed by atoms with van der Waals surface area (Å²) < 4.78 is 4.87. The van der Waals surface area contributed by atoms with E-state index in [1.54, 1.807) is 6.07 Å². The third-order valence-electron chi connectivity index (χ3n) is 2.34. The van der Waals surface area contributed by atoms with Gasteiger partial charge >= 0.3 is 5.97 Å². The number of ether oxygens (including phenoxy) is 1. The summed E-state index contributed by atoms with van der Waals surface area (Å²) >= 11 is 0. The van der Waals surface area contributed by atoms with Crippen LogP contribution in [0.4, 0.5) is 11.4 Å². The largest absolute Gasteiger partial charge is 0.452 e. The second kappa shape index (κ2) is 6.63. The third-order valence-corrected chi connectivity index (χ3v) is 2.34. The molecule has 1 rings (SSSR count). The lowest BCUT2D eigenvalue weighted by atomic mass is 10.1. The molecule has 0 aliphatic heterocycles. The SMILES string of the molecule is CC(C)CNC(=O)COC(=O)c1ccc(N)cc1N. The summed E-state index contributed by atoms with van der Waals surface area (Å²) in [5, 5.41) is 2.65. The zero-order valence-corrected chi connectivity index (χ0v) is 11.1. The molecule has 6 heteroatoms. The summed E-state index contributed by atoms with van der Waals surface area (Å²) in [6.45, 7) is 4.17. The van der Waals surface area contributed by atoms with Crippen LogP contribution in [0.2, 0.25) is 0 Å². The van der Waals surface area contributed by atoms with Crippen LogP contribution in [0.3, 0.4) is 0 Å². The first-order valence-electron chi connectivity index (χ1n) is 5.99. The van der Waals surface area contributed by atoms with Gasteiger partial charge in [0.25, 0.3) is 5.91 Å². The second-order valence-electron chi connectivity index (χ2n) is 4.62. The zero-order chi connectivity index (χ0) is 14.4. The van der Waals surface area contributed by atoms with E-state index in [0.29, 0.717) is 18.2 Å². The molecule has 0 saturated heterocycles. The first-order valence-corrected chi connectivity index (χ1v) is 5.99. The Labute approximate surface area is 112 Å². The zero-order valence-electron chi connectivity index (χ0n) is 11.1. The highest BCUT2D eigenvalue weighted by molar-refractivity contribution is 5.96. The number of anilines is 2. The quantitative estimate of drug-likeness (QED) is 0.538. The minimum Gasteiger partial charge on any atom is -0.452 e. The molecule has 0 spiro atoms. The van der Waals surface area contributed by atoms with E-state index in [9.17, 15) is 9.59 Å². The number of nitrogens with two attached hydrogens (primary N) is 2. The van der Waals surface area contributed by atoms with E-state index in [-0.39, 0.29) is 23.8 Å². The van der Waals surface area contributed by atoms with Crippen molar-refractivity contribution in [2.24, 2.45) is 5.92 Å². The molecule has 0 aliphatic carbocycles. The third kappa shape index (κ3) is 4.87. The van der Waals surface area contributed by atoms with E-state index >= 15 is 0 Å². The minimum atomic E-state index is -0.641. The Morgan fingerprint density at radius 2 is 2.00 bits per heavy atom. The maximum Gasteiger partial charge on any atom is 0.340 e. The molecule has 104 valence electrons. The van der Waals surface area contributed by atoms with Crippen molar-refractivity contribution in [3.63, 3.8) is 0 Å². The number of hydrogen-bond acceptors (Lipinski definition) is 5. The van der Waals surface area contributed by atoms with Gasteiger partial charge in [-0.15, -0.1) is 0 Å². The molecule has 0 unspecified atom stereocenters. The molecule has 6 nitrogen and oxygen atoms in total. The monoisotopic (exact) mass is 265 g/mol. The van der Waals surface area contributed by atoms with Crippen molar-refractivity contribution in [2.75, 3.05) is 24.6 Å². The highest BCUT2D eigenvalue weighted by Gasteiger charge is 2.13. The number of carbonyl (C=O) groups is 2. The summed E-state index contributed by atoms with van der Waals surface area (Å²) in [5.41, 5.74) is 12.1. The molecule has 5 N–H and O–H groups in total. The number of hydrogen-bond donors (Lipinski definition) is 3. The summed E-state index contributed by atoms with van der Waals surface area (Å²) in [6.07, 6.45) is 0. The standard InChI is InChI=1S/C13H19N3O3/c1-8(2)6-16-12(17)7-19-13(18)10-4-3-9(14)5-11(10)15/h3-5,8H,6-7,14-15H2,1-2H3,(H,16,17). The topological polar surface area (TPSA) is 107 Å². The molecule has 0 bridgehead atoms. The van der Waals surface area contributed by atoms with Crippen LogP contribution in [0.5, 0.6) is 0 Å². The molecule has 1 aromatic carbocycles. The normalized spacial score (nSPS) is 10.3. The van der Waals surface area contributed by atoms with Crippen molar-refractivity contribution in [1.82, 2.24) is 5.32 Å². The van der Waals surface area contributed by atoms with Crippen LogP contribution >= 0.6 is 0 Å². The molecule has 0 radical (unpaired) electrons. The van der Waals surface area contributed by atoms with E-state index in [1.165, 1.54) is 12.1 Å². The number of benzene rings is 1. The molecule has 0 atom stereocenters. The van der Waals surface area contributed by atoms with Gasteiger partial charge in [0, 0.05) is 17.9 Å². The molecule has 1 amide bonds. The molecule has 0 aliphatic rings. The molecular formula is C13H19N3O3. The fraction of sp³-hybridized carbons (Fsp3) is 0.385. The van der Waals surface area contributed by atoms with Crippen LogP contribution in [0.15, 0.2) is 18.2 Å². The van der Waals surface area contributed by atoms with Crippen LogP contribution < -0.4 is 16.8 Å². The highest BCUT2D eigenvalue weighted by Crippen LogP contribution is 2.16. The summed E-state index contributed by atoms with van der Waals surface area (Å²) in [5.74, 6) is -0.638. The highest BCUT2D eigenvalue weighted by atomic mass is 16.5. The first kappa shape index (κ1) is 14.8. The van der Waals surface area contributed by atoms with Gasteiger partial charge in [-0.05, 0) is 24.1 Å². The molecule has 19 heavy (non-hydrogen) atoms. The van der Waals surface area contributed by atoms with Gasteiger partial charge in [-0.1, -0.05) is 13.8 Å². The van der Waals surface area contributed by atoms with Crippen LogP contribution in [0, 0.1) is 5.92 Å². The van der Waals surface area contributed by atoms with Gasteiger partial charge < -0.3 is 21.5 Å². The average molecular weight is 265 g/mol.